The molecule has 0 spiro atoms. The molecule has 7 heteroatoms. The highest BCUT2D eigenvalue weighted by molar-refractivity contribution is 5.79. The number of amides is 2. The van der Waals surface area contributed by atoms with E-state index in [0.717, 1.165) is 0 Å². The standard InChI is InChI=1S/C9H20N4O3/c1-2-16-7(3-10)4-13(5-8(11)14)6-9(12)15/h7H,2-6,10H2,1H3,(H2,11,14)(H2,12,15). The van der Waals surface area contributed by atoms with Crippen molar-refractivity contribution in [3.63, 3.8) is 0 Å². The van der Waals surface area contributed by atoms with Gasteiger partial charge in [0.2, 0.25) is 11.8 Å². The summed E-state index contributed by atoms with van der Waals surface area (Å²) < 4.78 is 5.31. The van der Waals surface area contributed by atoms with Gasteiger partial charge in [0.25, 0.3) is 0 Å². The van der Waals surface area contributed by atoms with Crippen molar-refractivity contribution in [1.82, 2.24) is 4.90 Å². The highest BCUT2D eigenvalue weighted by atomic mass is 16.5. The number of ether oxygens (including phenoxy) is 1. The lowest BCUT2D eigenvalue weighted by Crippen LogP contribution is -2.45. The van der Waals surface area contributed by atoms with E-state index in [1.54, 1.807) is 0 Å². The molecular weight excluding hydrogens is 212 g/mol. The van der Waals surface area contributed by atoms with Crippen LogP contribution in [0, 0.1) is 0 Å². The van der Waals surface area contributed by atoms with Crippen LogP contribution >= 0.6 is 0 Å². The van der Waals surface area contributed by atoms with Crippen molar-refractivity contribution in [3.8, 4) is 0 Å². The second kappa shape index (κ2) is 8.03. The molecule has 1 unspecified atom stereocenters. The normalized spacial score (nSPS) is 12.7. The van der Waals surface area contributed by atoms with Crippen LogP contribution in [0.4, 0.5) is 0 Å². The molecule has 0 rings (SSSR count). The monoisotopic (exact) mass is 232 g/mol. The van der Waals surface area contributed by atoms with Crippen molar-refractivity contribution in [3.05, 3.63) is 0 Å². The fraction of sp³-hybridized carbons (Fsp3) is 0.778. The van der Waals surface area contributed by atoms with Crippen LogP contribution in [-0.2, 0) is 14.3 Å². The number of primary amides is 2. The molecule has 0 aliphatic rings. The van der Waals surface area contributed by atoms with Crippen LogP contribution in [0.1, 0.15) is 6.92 Å². The number of rotatable bonds is 9. The van der Waals surface area contributed by atoms with Crippen LogP contribution < -0.4 is 17.2 Å². The molecule has 7 nitrogen and oxygen atoms in total. The molecular formula is C9H20N4O3. The van der Waals surface area contributed by atoms with E-state index in [1.807, 2.05) is 6.92 Å². The molecule has 0 aromatic carbocycles. The van der Waals surface area contributed by atoms with Gasteiger partial charge in [-0.25, -0.2) is 0 Å². The number of hydrogen-bond acceptors (Lipinski definition) is 5. The fourth-order valence-electron chi connectivity index (χ4n) is 1.34. The summed E-state index contributed by atoms with van der Waals surface area (Å²) in [6, 6.07) is 0. The van der Waals surface area contributed by atoms with Gasteiger partial charge in [-0.15, -0.1) is 0 Å². The summed E-state index contributed by atoms with van der Waals surface area (Å²) in [5.41, 5.74) is 15.6. The zero-order valence-corrected chi connectivity index (χ0v) is 9.52. The Balaban J connectivity index is 4.26. The van der Waals surface area contributed by atoms with E-state index in [0.29, 0.717) is 19.7 Å². The molecule has 0 saturated heterocycles. The van der Waals surface area contributed by atoms with Crippen LogP contribution in [0.15, 0.2) is 0 Å². The fourth-order valence-corrected chi connectivity index (χ4v) is 1.34. The van der Waals surface area contributed by atoms with Gasteiger partial charge in [-0.2, -0.15) is 0 Å². The van der Waals surface area contributed by atoms with Gasteiger partial charge in [-0.3, -0.25) is 14.5 Å². The predicted octanol–water partition coefficient (Wildman–Crippen LogP) is -2.38. The summed E-state index contributed by atoms with van der Waals surface area (Å²) in [7, 11) is 0. The molecule has 0 aromatic rings. The van der Waals surface area contributed by atoms with Crippen LogP contribution in [0.25, 0.3) is 0 Å². The minimum Gasteiger partial charge on any atom is -0.376 e. The number of hydrogen-bond donors (Lipinski definition) is 3. The van der Waals surface area contributed by atoms with Crippen molar-refractivity contribution >= 4 is 11.8 Å². The van der Waals surface area contributed by atoms with Crippen LogP contribution in [0.3, 0.4) is 0 Å². The number of carbonyl (C=O) groups excluding carboxylic acids is 2. The maximum Gasteiger partial charge on any atom is 0.231 e. The van der Waals surface area contributed by atoms with Gasteiger partial charge in [0.1, 0.15) is 0 Å². The zero-order chi connectivity index (χ0) is 12.6. The second-order valence-corrected chi connectivity index (χ2v) is 3.42. The van der Waals surface area contributed by atoms with E-state index in [4.69, 9.17) is 21.9 Å². The smallest absolute Gasteiger partial charge is 0.231 e. The topological polar surface area (TPSA) is 125 Å². The average molecular weight is 232 g/mol. The molecule has 0 radical (unpaired) electrons. The summed E-state index contributed by atoms with van der Waals surface area (Å²) in [4.78, 5) is 23.1. The SMILES string of the molecule is CCOC(CN)CN(CC(N)=O)CC(N)=O. The maximum atomic E-state index is 10.8. The Hall–Kier alpha value is -1.18. The second-order valence-electron chi connectivity index (χ2n) is 3.42. The van der Waals surface area contributed by atoms with E-state index < -0.39 is 11.8 Å². The lowest BCUT2D eigenvalue weighted by Gasteiger charge is -2.24. The Morgan fingerprint density at radius 3 is 2.06 bits per heavy atom. The molecule has 0 fully saturated rings. The van der Waals surface area contributed by atoms with Gasteiger partial charge in [0.05, 0.1) is 19.2 Å². The van der Waals surface area contributed by atoms with Crippen LogP contribution in [-0.4, -0.2) is 55.6 Å². The zero-order valence-electron chi connectivity index (χ0n) is 9.52. The Bertz CT molecular complexity index is 219. The minimum absolute atomic E-state index is 0.0352. The van der Waals surface area contributed by atoms with Gasteiger partial charge in [0, 0.05) is 19.7 Å². The van der Waals surface area contributed by atoms with Gasteiger partial charge in [0.15, 0.2) is 0 Å². The third-order valence-corrected chi connectivity index (χ3v) is 1.89. The van der Waals surface area contributed by atoms with Crippen molar-refractivity contribution in [2.24, 2.45) is 17.2 Å². The third-order valence-electron chi connectivity index (χ3n) is 1.89. The molecule has 1 atom stereocenters. The molecule has 0 heterocycles. The van der Waals surface area contributed by atoms with Gasteiger partial charge < -0.3 is 21.9 Å². The first-order valence-electron chi connectivity index (χ1n) is 5.10. The molecule has 0 bridgehead atoms. The largest absolute Gasteiger partial charge is 0.376 e. The first kappa shape index (κ1) is 14.8. The highest BCUT2D eigenvalue weighted by Crippen LogP contribution is 1.96. The molecule has 6 N–H and O–H groups in total. The van der Waals surface area contributed by atoms with E-state index in [9.17, 15) is 9.59 Å². The quantitative estimate of drug-likeness (QED) is 0.409. The van der Waals surface area contributed by atoms with E-state index in [-0.39, 0.29) is 19.2 Å². The molecule has 0 aliphatic carbocycles. The summed E-state index contributed by atoms with van der Waals surface area (Å²) in [5, 5.41) is 0. The van der Waals surface area contributed by atoms with Crippen molar-refractivity contribution in [2.75, 3.05) is 32.8 Å². The number of nitrogens with two attached hydrogens (primary N) is 3. The molecule has 2 amide bonds. The van der Waals surface area contributed by atoms with E-state index in [2.05, 4.69) is 0 Å². The van der Waals surface area contributed by atoms with Gasteiger partial charge >= 0.3 is 0 Å². The lowest BCUT2D eigenvalue weighted by atomic mass is 10.3. The first-order chi connectivity index (χ1) is 7.49. The van der Waals surface area contributed by atoms with E-state index >= 15 is 0 Å². The Morgan fingerprint density at radius 2 is 1.75 bits per heavy atom. The lowest BCUT2D eigenvalue weighted by molar-refractivity contribution is -0.122. The first-order valence-corrected chi connectivity index (χ1v) is 5.10. The minimum atomic E-state index is -0.520. The van der Waals surface area contributed by atoms with Crippen molar-refractivity contribution in [1.29, 1.82) is 0 Å². The number of nitrogens with zero attached hydrogens (tertiary/aromatic N) is 1. The Kier molecular flexibility index (Phi) is 7.44. The summed E-state index contributed by atoms with van der Waals surface area (Å²) >= 11 is 0. The maximum absolute atomic E-state index is 10.8. The van der Waals surface area contributed by atoms with Crippen LogP contribution in [0.5, 0.6) is 0 Å². The Labute approximate surface area is 94.9 Å². The molecule has 16 heavy (non-hydrogen) atoms. The van der Waals surface area contributed by atoms with Gasteiger partial charge in [-0.1, -0.05) is 0 Å². The van der Waals surface area contributed by atoms with Crippen LogP contribution in [0.2, 0.25) is 0 Å². The average Bonchev–Trinajstić information content (AvgIpc) is 2.14. The summed E-state index contributed by atoms with van der Waals surface area (Å²) in [6.07, 6.45) is -0.233. The molecule has 94 valence electrons. The summed E-state index contributed by atoms with van der Waals surface area (Å²) in [5.74, 6) is -1.04. The van der Waals surface area contributed by atoms with Crippen molar-refractivity contribution in [2.45, 2.75) is 13.0 Å². The molecule has 0 saturated carbocycles. The van der Waals surface area contributed by atoms with Crippen molar-refractivity contribution < 1.29 is 14.3 Å². The third kappa shape index (κ3) is 7.16. The Morgan fingerprint density at radius 1 is 1.25 bits per heavy atom. The van der Waals surface area contributed by atoms with E-state index in [1.165, 1.54) is 4.90 Å². The summed E-state index contributed by atoms with van der Waals surface area (Å²) in [6.45, 7) is 2.95. The highest BCUT2D eigenvalue weighted by Gasteiger charge is 2.16. The van der Waals surface area contributed by atoms with Gasteiger partial charge in [-0.05, 0) is 6.92 Å². The molecule has 0 aliphatic heterocycles. The predicted molar refractivity (Wildman–Crippen MR) is 59.3 cm³/mol. The number of carbonyl (C=O) groups is 2. The molecule has 0 aromatic heterocycles.